The number of hydrogen-bond donors (Lipinski definition) is 0. The standard InChI is InChI=1S/C20H26FNO5/c1-5-26-18(24)20(19(25)27-6-2)16(13(3)4)11-17(23)22(20)12-14-7-9-15(21)10-8-14/h7-10,13,16H,5-6,11-12H2,1-4H3. The van der Waals surface area contributed by atoms with Crippen LogP contribution in [0, 0.1) is 17.7 Å². The third-order valence-electron chi connectivity index (χ3n) is 4.89. The molecule has 0 N–H and O–H groups in total. The van der Waals surface area contributed by atoms with Crippen molar-refractivity contribution in [3.63, 3.8) is 0 Å². The Hall–Kier alpha value is -2.44. The Kier molecular flexibility index (Phi) is 6.57. The number of nitrogens with zero attached hydrogens (tertiary/aromatic N) is 1. The van der Waals surface area contributed by atoms with Gasteiger partial charge in [0, 0.05) is 18.9 Å². The van der Waals surface area contributed by atoms with E-state index in [9.17, 15) is 18.8 Å². The third-order valence-corrected chi connectivity index (χ3v) is 4.89. The number of hydrogen-bond acceptors (Lipinski definition) is 5. The number of rotatable bonds is 7. The molecule has 1 aliphatic rings. The Morgan fingerprint density at radius 1 is 1.15 bits per heavy atom. The van der Waals surface area contributed by atoms with E-state index in [1.165, 1.54) is 29.2 Å². The summed E-state index contributed by atoms with van der Waals surface area (Å²) >= 11 is 0. The molecule has 0 saturated carbocycles. The van der Waals surface area contributed by atoms with Crippen molar-refractivity contribution in [3.8, 4) is 0 Å². The van der Waals surface area contributed by atoms with E-state index in [4.69, 9.17) is 9.47 Å². The van der Waals surface area contributed by atoms with Gasteiger partial charge in [0.05, 0.1) is 13.2 Å². The highest BCUT2D eigenvalue weighted by atomic mass is 19.1. The summed E-state index contributed by atoms with van der Waals surface area (Å²) in [5.74, 6) is -3.03. The second kappa shape index (κ2) is 8.50. The quantitative estimate of drug-likeness (QED) is 0.538. The third kappa shape index (κ3) is 3.82. The molecule has 2 rings (SSSR count). The average molecular weight is 379 g/mol. The van der Waals surface area contributed by atoms with Crippen molar-refractivity contribution in [3.05, 3.63) is 35.6 Å². The number of carbonyl (C=O) groups is 3. The van der Waals surface area contributed by atoms with Crippen molar-refractivity contribution >= 4 is 17.8 Å². The van der Waals surface area contributed by atoms with Gasteiger partial charge in [-0.3, -0.25) is 4.79 Å². The van der Waals surface area contributed by atoms with Gasteiger partial charge in [-0.05, 0) is 37.5 Å². The zero-order valence-corrected chi connectivity index (χ0v) is 16.2. The lowest BCUT2D eigenvalue weighted by atomic mass is 9.77. The molecule has 0 radical (unpaired) electrons. The molecule has 1 unspecified atom stereocenters. The predicted octanol–water partition coefficient (Wildman–Crippen LogP) is 2.70. The molecule has 1 fully saturated rings. The molecular weight excluding hydrogens is 353 g/mol. The van der Waals surface area contributed by atoms with Gasteiger partial charge in [0.2, 0.25) is 11.4 Å². The van der Waals surface area contributed by atoms with Gasteiger partial charge in [-0.1, -0.05) is 26.0 Å². The van der Waals surface area contributed by atoms with E-state index in [-0.39, 0.29) is 38.0 Å². The van der Waals surface area contributed by atoms with Gasteiger partial charge in [0.15, 0.2) is 0 Å². The van der Waals surface area contributed by atoms with Crippen molar-refractivity contribution in [2.45, 2.75) is 46.2 Å². The van der Waals surface area contributed by atoms with E-state index in [0.717, 1.165) is 0 Å². The average Bonchev–Trinajstić information content (AvgIpc) is 2.91. The Labute approximate surface area is 158 Å². The summed E-state index contributed by atoms with van der Waals surface area (Å²) in [5.41, 5.74) is -1.24. The van der Waals surface area contributed by atoms with Crippen LogP contribution in [0.3, 0.4) is 0 Å². The van der Waals surface area contributed by atoms with Gasteiger partial charge in [0.25, 0.3) is 0 Å². The monoisotopic (exact) mass is 379 g/mol. The highest BCUT2D eigenvalue weighted by Gasteiger charge is 2.65. The molecule has 6 nitrogen and oxygen atoms in total. The molecule has 148 valence electrons. The fourth-order valence-electron chi connectivity index (χ4n) is 3.63. The molecule has 1 aliphatic heterocycles. The number of carbonyl (C=O) groups excluding carboxylic acids is 3. The van der Waals surface area contributed by atoms with Gasteiger partial charge < -0.3 is 14.4 Å². The molecule has 0 aliphatic carbocycles. The van der Waals surface area contributed by atoms with Crippen molar-refractivity contribution in [2.75, 3.05) is 13.2 Å². The van der Waals surface area contributed by atoms with E-state index in [0.29, 0.717) is 5.56 Å². The molecule has 0 bridgehead atoms. The second-order valence-corrected chi connectivity index (χ2v) is 6.87. The number of amides is 1. The summed E-state index contributed by atoms with van der Waals surface area (Å²) in [5, 5.41) is 0. The Bertz CT molecular complexity index is 683. The van der Waals surface area contributed by atoms with Crippen LogP contribution in [0.25, 0.3) is 0 Å². The van der Waals surface area contributed by atoms with Crippen molar-refractivity contribution in [1.82, 2.24) is 4.90 Å². The van der Waals surface area contributed by atoms with E-state index >= 15 is 0 Å². The lowest BCUT2D eigenvalue weighted by Crippen LogP contribution is -2.62. The van der Waals surface area contributed by atoms with Crippen molar-refractivity contribution in [2.24, 2.45) is 11.8 Å². The largest absolute Gasteiger partial charge is 0.464 e. The van der Waals surface area contributed by atoms with E-state index in [2.05, 4.69) is 0 Å². The molecule has 1 heterocycles. The van der Waals surface area contributed by atoms with Crippen LogP contribution in [-0.4, -0.2) is 41.5 Å². The molecule has 1 amide bonds. The lowest BCUT2D eigenvalue weighted by Gasteiger charge is -2.38. The molecule has 1 saturated heterocycles. The first-order valence-corrected chi connectivity index (χ1v) is 9.18. The fourth-order valence-corrected chi connectivity index (χ4v) is 3.63. The zero-order valence-electron chi connectivity index (χ0n) is 16.2. The normalized spacial score (nSPS) is 18.7. The van der Waals surface area contributed by atoms with Crippen LogP contribution in [0.1, 0.15) is 39.7 Å². The van der Waals surface area contributed by atoms with Crippen LogP contribution in [0.5, 0.6) is 0 Å². The predicted molar refractivity (Wildman–Crippen MR) is 95.9 cm³/mol. The van der Waals surface area contributed by atoms with E-state index in [1.54, 1.807) is 13.8 Å². The number of benzene rings is 1. The minimum Gasteiger partial charge on any atom is -0.464 e. The number of halogens is 1. The van der Waals surface area contributed by atoms with Crippen molar-refractivity contribution in [1.29, 1.82) is 0 Å². The SMILES string of the molecule is CCOC(=O)C1(C(=O)OCC)C(C(C)C)CC(=O)N1Cc1ccc(F)cc1. The van der Waals surface area contributed by atoms with Gasteiger partial charge in [-0.25, -0.2) is 14.0 Å². The smallest absolute Gasteiger partial charge is 0.344 e. The van der Waals surface area contributed by atoms with Gasteiger partial charge in [-0.15, -0.1) is 0 Å². The van der Waals surface area contributed by atoms with Crippen molar-refractivity contribution < 1.29 is 28.2 Å². The zero-order chi connectivity index (χ0) is 20.2. The fraction of sp³-hybridized carbons (Fsp3) is 0.550. The lowest BCUT2D eigenvalue weighted by molar-refractivity contribution is -0.179. The highest BCUT2D eigenvalue weighted by molar-refractivity contribution is 6.10. The van der Waals surface area contributed by atoms with Crippen LogP contribution >= 0.6 is 0 Å². The molecule has 1 atom stereocenters. The minimum atomic E-state index is -1.84. The molecule has 1 aromatic carbocycles. The Morgan fingerprint density at radius 2 is 1.67 bits per heavy atom. The summed E-state index contributed by atoms with van der Waals surface area (Å²) in [6.07, 6.45) is 0.0382. The van der Waals surface area contributed by atoms with E-state index in [1.807, 2.05) is 13.8 Å². The first-order valence-electron chi connectivity index (χ1n) is 9.18. The van der Waals surface area contributed by atoms with Gasteiger partial charge >= 0.3 is 11.9 Å². The molecular formula is C20H26FNO5. The summed E-state index contributed by atoms with van der Waals surface area (Å²) < 4.78 is 23.7. The minimum absolute atomic E-state index is 0.0139. The second-order valence-electron chi connectivity index (χ2n) is 6.87. The molecule has 0 aromatic heterocycles. The molecule has 0 spiro atoms. The van der Waals surface area contributed by atoms with Crippen LogP contribution in [-0.2, 0) is 30.4 Å². The van der Waals surface area contributed by atoms with Crippen LogP contribution in [0.15, 0.2) is 24.3 Å². The Morgan fingerprint density at radius 3 is 2.11 bits per heavy atom. The maximum atomic E-state index is 13.2. The number of likely N-dealkylation sites (tertiary alicyclic amines) is 1. The molecule has 7 heteroatoms. The van der Waals surface area contributed by atoms with Crippen LogP contribution < -0.4 is 0 Å². The van der Waals surface area contributed by atoms with Crippen LogP contribution in [0.4, 0.5) is 4.39 Å². The number of esters is 2. The van der Waals surface area contributed by atoms with E-state index < -0.39 is 29.2 Å². The Balaban J connectivity index is 2.57. The van der Waals surface area contributed by atoms with Crippen LogP contribution in [0.2, 0.25) is 0 Å². The van der Waals surface area contributed by atoms with Gasteiger partial charge in [0.1, 0.15) is 5.82 Å². The molecule has 27 heavy (non-hydrogen) atoms. The maximum Gasteiger partial charge on any atom is 0.344 e. The topological polar surface area (TPSA) is 72.9 Å². The first-order chi connectivity index (χ1) is 12.8. The summed E-state index contributed by atoms with van der Waals surface area (Å²) in [6.45, 7) is 7.12. The molecule has 1 aromatic rings. The highest BCUT2D eigenvalue weighted by Crippen LogP contribution is 2.43. The summed E-state index contributed by atoms with van der Waals surface area (Å²) in [6, 6.07) is 5.58. The maximum absolute atomic E-state index is 13.2. The summed E-state index contributed by atoms with van der Waals surface area (Å²) in [7, 11) is 0. The van der Waals surface area contributed by atoms with Gasteiger partial charge in [-0.2, -0.15) is 0 Å². The first kappa shape index (κ1) is 20.9. The number of ether oxygens (including phenoxy) is 2. The summed E-state index contributed by atoms with van der Waals surface area (Å²) in [4.78, 5) is 40.1.